The highest BCUT2D eigenvalue weighted by Crippen LogP contribution is 2.22. The minimum atomic E-state index is -0.679. The summed E-state index contributed by atoms with van der Waals surface area (Å²) in [6.07, 6.45) is 0.128. The Labute approximate surface area is 149 Å². The molecule has 0 atom stereocenters. The van der Waals surface area contributed by atoms with Crippen LogP contribution in [0.4, 0.5) is 0 Å². The zero-order chi connectivity index (χ0) is 19.3. The summed E-state index contributed by atoms with van der Waals surface area (Å²) in [6.45, 7) is 0.893. The number of carbonyl (C=O) groups excluding carboxylic acids is 4. The van der Waals surface area contributed by atoms with Gasteiger partial charge in [-0.2, -0.15) is 5.26 Å². The summed E-state index contributed by atoms with van der Waals surface area (Å²) in [5.41, 5.74) is 5.89. The van der Waals surface area contributed by atoms with Gasteiger partial charge in [-0.3, -0.25) is 24.1 Å². The molecule has 1 aromatic rings. The molecule has 0 saturated carbocycles. The van der Waals surface area contributed by atoms with E-state index in [0.29, 0.717) is 11.1 Å². The normalized spacial score (nSPS) is 13.8. The fourth-order valence-corrected chi connectivity index (χ4v) is 2.48. The van der Waals surface area contributed by atoms with Crippen LogP contribution in [0, 0.1) is 11.3 Å². The lowest BCUT2D eigenvalue weighted by atomic mass is 10.1. The van der Waals surface area contributed by atoms with E-state index in [0.717, 1.165) is 4.90 Å². The van der Waals surface area contributed by atoms with Crippen molar-refractivity contribution in [3.63, 3.8) is 0 Å². The number of nitrogens with two attached hydrogens (primary N) is 1. The molecule has 0 fully saturated rings. The van der Waals surface area contributed by atoms with Gasteiger partial charge in [0.1, 0.15) is 11.6 Å². The van der Waals surface area contributed by atoms with Crippen molar-refractivity contribution < 1.29 is 23.9 Å². The average Bonchev–Trinajstić information content (AvgIpc) is 2.85. The molecule has 0 saturated heterocycles. The number of esters is 1. The molecule has 134 valence electrons. The topological polar surface area (TPSA) is 131 Å². The quantitative estimate of drug-likeness (QED) is 0.333. The van der Waals surface area contributed by atoms with Gasteiger partial charge in [0.15, 0.2) is 6.61 Å². The van der Waals surface area contributed by atoms with Crippen molar-refractivity contribution in [3.8, 4) is 6.07 Å². The molecule has 1 aromatic carbocycles. The maximum Gasteiger partial charge on any atom is 0.306 e. The molecule has 26 heavy (non-hydrogen) atoms. The lowest BCUT2D eigenvalue weighted by Gasteiger charge is -2.13. The second kappa shape index (κ2) is 8.07. The molecule has 0 unspecified atom stereocenters. The Morgan fingerprint density at radius 3 is 2.27 bits per heavy atom. The SMILES string of the molecule is CC(N)=C(C#N)C(=O)COC(=O)CCCN1C(=O)c2ccccc2C1=O. The van der Waals surface area contributed by atoms with Crippen molar-refractivity contribution in [1.29, 1.82) is 5.26 Å². The number of benzene rings is 1. The van der Waals surface area contributed by atoms with Crippen molar-refractivity contribution in [2.45, 2.75) is 19.8 Å². The number of hydrogen-bond donors (Lipinski definition) is 1. The van der Waals surface area contributed by atoms with Crippen molar-refractivity contribution in [2.75, 3.05) is 13.2 Å². The van der Waals surface area contributed by atoms with Crippen LogP contribution in [0.2, 0.25) is 0 Å². The Morgan fingerprint density at radius 1 is 1.19 bits per heavy atom. The summed E-state index contributed by atoms with van der Waals surface area (Å²) < 4.78 is 4.80. The first-order chi connectivity index (χ1) is 12.4. The standard InChI is InChI=1S/C18H17N3O5/c1-11(20)14(9-19)15(22)10-26-16(23)7-4-8-21-17(24)12-5-2-3-6-13(12)18(21)25/h2-3,5-6H,4,7-8,10,20H2,1H3. The van der Waals surface area contributed by atoms with Gasteiger partial charge in [0, 0.05) is 18.7 Å². The number of carbonyl (C=O) groups is 4. The van der Waals surface area contributed by atoms with E-state index in [2.05, 4.69) is 0 Å². The van der Waals surface area contributed by atoms with Crippen molar-refractivity contribution in [1.82, 2.24) is 4.90 Å². The molecule has 0 spiro atoms. The van der Waals surface area contributed by atoms with E-state index in [4.69, 9.17) is 15.7 Å². The Bertz CT molecular complexity index is 812. The third kappa shape index (κ3) is 3.95. The van der Waals surface area contributed by atoms with Gasteiger partial charge >= 0.3 is 5.97 Å². The largest absolute Gasteiger partial charge is 0.457 e. The highest BCUT2D eigenvalue weighted by Gasteiger charge is 2.34. The summed E-state index contributed by atoms with van der Waals surface area (Å²) in [5, 5.41) is 8.80. The van der Waals surface area contributed by atoms with Crippen LogP contribution in [-0.4, -0.2) is 41.6 Å². The Kier molecular flexibility index (Phi) is 5.86. The summed E-state index contributed by atoms with van der Waals surface area (Å²) in [6, 6.07) is 8.16. The lowest BCUT2D eigenvalue weighted by molar-refractivity contribution is -0.147. The number of fused-ring (bicyclic) bond motifs is 1. The Balaban J connectivity index is 1.80. The van der Waals surface area contributed by atoms with E-state index in [9.17, 15) is 19.2 Å². The van der Waals surface area contributed by atoms with Gasteiger partial charge in [0.2, 0.25) is 5.78 Å². The van der Waals surface area contributed by atoms with Crippen LogP contribution in [0.5, 0.6) is 0 Å². The number of allylic oxidation sites excluding steroid dienone is 1. The molecular weight excluding hydrogens is 338 g/mol. The molecule has 0 aromatic heterocycles. The van der Waals surface area contributed by atoms with E-state index in [1.165, 1.54) is 6.92 Å². The predicted molar refractivity (Wildman–Crippen MR) is 89.5 cm³/mol. The predicted octanol–water partition coefficient (Wildman–Crippen LogP) is 0.931. The minimum absolute atomic E-state index is 0.0548. The van der Waals surface area contributed by atoms with Crippen molar-refractivity contribution >= 4 is 23.6 Å². The molecule has 0 radical (unpaired) electrons. The molecule has 1 aliphatic rings. The fraction of sp³-hybridized carbons (Fsp3) is 0.278. The molecule has 8 nitrogen and oxygen atoms in total. The molecular formula is C18H17N3O5. The van der Waals surface area contributed by atoms with Gasteiger partial charge in [-0.25, -0.2) is 0 Å². The van der Waals surface area contributed by atoms with E-state index >= 15 is 0 Å². The second-order valence-electron chi connectivity index (χ2n) is 5.66. The van der Waals surface area contributed by atoms with Crippen LogP contribution in [-0.2, 0) is 14.3 Å². The van der Waals surface area contributed by atoms with E-state index < -0.39 is 30.2 Å². The number of ketones is 1. The van der Waals surface area contributed by atoms with Crippen LogP contribution in [0.15, 0.2) is 35.5 Å². The summed E-state index contributed by atoms with van der Waals surface area (Å²) in [5.74, 6) is -2.13. The zero-order valence-electron chi connectivity index (χ0n) is 14.2. The number of amides is 2. The van der Waals surface area contributed by atoms with E-state index in [1.54, 1.807) is 30.3 Å². The van der Waals surface area contributed by atoms with Gasteiger partial charge in [-0.15, -0.1) is 0 Å². The Morgan fingerprint density at radius 2 is 1.77 bits per heavy atom. The molecule has 8 heteroatoms. The molecule has 2 rings (SSSR count). The number of nitrogens with zero attached hydrogens (tertiary/aromatic N) is 2. The van der Waals surface area contributed by atoms with E-state index in [1.807, 2.05) is 0 Å². The minimum Gasteiger partial charge on any atom is -0.457 e. The van der Waals surface area contributed by atoms with Crippen molar-refractivity contribution in [2.24, 2.45) is 5.73 Å². The van der Waals surface area contributed by atoms with Crippen LogP contribution in [0.25, 0.3) is 0 Å². The van der Waals surface area contributed by atoms with E-state index in [-0.39, 0.29) is 30.7 Å². The molecule has 0 aliphatic carbocycles. The van der Waals surface area contributed by atoms with Crippen LogP contribution in [0.3, 0.4) is 0 Å². The van der Waals surface area contributed by atoms with Crippen LogP contribution in [0.1, 0.15) is 40.5 Å². The van der Waals surface area contributed by atoms with Crippen LogP contribution < -0.4 is 5.73 Å². The summed E-state index contributed by atoms with van der Waals surface area (Å²) >= 11 is 0. The third-order valence-electron chi connectivity index (χ3n) is 3.79. The first-order valence-corrected chi connectivity index (χ1v) is 7.87. The number of ether oxygens (including phenoxy) is 1. The summed E-state index contributed by atoms with van der Waals surface area (Å²) in [7, 11) is 0. The van der Waals surface area contributed by atoms with Gasteiger partial charge in [-0.1, -0.05) is 12.1 Å². The van der Waals surface area contributed by atoms with Crippen LogP contribution >= 0.6 is 0 Å². The Hall–Kier alpha value is -3.47. The molecule has 0 bridgehead atoms. The number of nitriles is 1. The number of imide groups is 1. The smallest absolute Gasteiger partial charge is 0.306 e. The van der Waals surface area contributed by atoms with Gasteiger partial charge in [0.05, 0.1) is 11.1 Å². The first-order valence-electron chi connectivity index (χ1n) is 7.87. The van der Waals surface area contributed by atoms with Gasteiger partial charge < -0.3 is 10.5 Å². The lowest BCUT2D eigenvalue weighted by Crippen LogP contribution is -2.31. The summed E-state index contributed by atoms with van der Waals surface area (Å²) in [4.78, 5) is 48.8. The average molecular weight is 355 g/mol. The maximum absolute atomic E-state index is 12.2. The van der Waals surface area contributed by atoms with Gasteiger partial charge in [0.25, 0.3) is 11.8 Å². The second-order valence-corrected chi connectivity index (χ2v) is 5.66. The molecule has 1 aliphatic heterocycles. The third-order valence-corrected chi connectivity index (χ3v) is 3.79. The molecule has 2 N–H and O–H groups in total. The van der Waals surface area contributed by atoms with Gasteiger partial charge in [-0.05, 0) is 25.5 Å². The number of Topliss-reactive ketones (excluding diaryl/α,β-unsaturated/α-hetero) is 1. The number of hydrogen-bond acceptors (Lipinski definition) is 7. The van der Waals surface area contributed by atoms with Crippen molar-refractivity contribution in [3.05, 3.63) is 46.7 Å². The highest BCUT2D eigenvalue weighted by atomic mass is 16.5. The highest BCUT2D eigenvalue weighted by molar-refractivity contribution is 6.21. The molecule has 1 heterocycles. The fourth-order valence-electron chi connectivity index (χ4n) is 2.48. The number of rotatable bonds is 7. The first kappa shape index (κ1) is 18.9. The molecule has 2 amide bonds. The monoisotopic (exact) mass is 355 g/mol. The maximum atomic E-state index is 12.2. The zero-order valence-corrected chi connectivity index (χ0v) is 14.2.